The van der Waals surface area contributed by atoms with Gasteiger partial charge in [0.1, 0.15) is 5.76 Å². The summed E-state index contributed by atoms with van der Waals surface area (Å²) >= 11 is 0. The van der Waals surface area contributed by atoms with E-state index >= 15 is 0 Å². The second-order valence-corrected chi connectivity index (χ2v) is 9.22. The number of carbonyl (C=O) groups is 1. The van der Waals surface area contributed by atoms with Gasteiger partial charge in [-0.2, -0.15) is 0 Å². The van der Waals surface area contributed by atoms with Crippen molar-refractivity contribution in [1.82, 2.24) is 19.8 Å². The summed E-state index contributed by atoms with van der Waals surface area (Å²) in [7, 11) is 2.19. The van der Waals surface area contributed by atoms with E-state index in [4.69, 9.17) is 4.74 Å². The molecule has 0 radical (unpaired) electrons. The summed E-state index contributed by atoms with van der Waals surface area (Å²) in [4.78, 5) is 26.8. The van der Waals surface area contributed by atoms with Gasteiger partial charge in [0.05, 0.1) is 11.8 Å². The SMILES string of the molecule is C=CO/C(=C\C)c1ccc2cnc(NC(=O)C3CCC(CN4CCN(C)CC4)CC3)nc2c1. The van der Waals surface area contributed by atoms with Gasteiger partial charge in [0, 0.05) is 55.8 Å². The maximum absolute atomic E-state index is 12.9. The topological polar surface area (TPSA) is 70.6 Å². The highest BCUT2D eigenvalue weighted by molar-refractivity contribution is 5.92. The fourth-order valence-electron chi connectivity index (χ4n) is 4.84. The van der Waals surface area contributed by atoms with E-state index in [9.17, 15) is 4.79 Å². The highest BCUT2D eigenvalue weighted by atomic mass is 16.5. The van der Waals surface area contributed by atoms with Crippen molar-refractivity contribution in [3.05, 3.63) is 48.9 Å². The van der Waals surface area contributed by atoms with Crippen LogP contribution in [0.25, 0.3) is 16.7 Å². The van der Waals surface area contributed by atoms with E-state index in [1.165, 1.54) is 12.8 Å². The highest BCUT2D eigenvalue weighted by Crippen LogP contribution is 2.30. The van der Waals surface area contributed by atoms with Gasteiger partial charge in [-0.1, -0.05) is 18.7 Å². The van der Waals surface area contributed by atoms with Gasteiger partial charge in [-0.3, -0.25) is 10.1 Å². The Morgan fingerprint density at radius 2 is 1.97 bits per heavy atom. The molecule has 7 nitrogen and oxygen atoms in total. The molecule has 1 saturated heterocycles. The molecule has 1 aliphatic carbocycles. The number of aromatic nitrogens is 2. The van der Waals surface area contributed by atoms with Crippen molar-refractivity contribution in [3.8, 4) is 0 Å². The van der Waals surface area contributed by atoms with Gasteiger partial charge in [-0.15, -0.1) is 0 Å². The number of benzene rings is 1. The first-order valence-electron chi connectivity index (χ1n) is 12.0. The van der Waals surface area contributed by atoms with Crippen LogP contribution in [0.2, 0.25) is 0 Å². The summed E-state index contributed by atoms with van der Waals surface area (Å²) in [5.74, 6) is 1.84. The smallest absolute Gasteiger partial charge is 0.229 e. The largest absolute Gasteiger partial charge is 0.465 e. The van der Waals surface area contributed by atoms with Crippen molar-refractivity contribution >= 4 is 28.5 Å². The van der Waals surface area contributed by atoms with E-state index in [1.807, 2.05) is 31.2 Å². The number of nitrogens with zero attached hydrogens (tertiary/aromatic N) is 4. The maximum Gasteiger partial charge on any atom is 0.229 e. The molecule has 1 saturated carbocycles. The summed E-state index contributed by atoms with van der Waals surface area (Å²) < 4.78 is 5.47. The van der Waals surface area contributed by atoms with Gasteiger partial charge in [-0.05, 0) is 57.7 Å². The van der Waals surface area contributed by atoms with Gasteiger partial charge in [0.2, 0.25) is 11.9 Å². The Morgan fingerprint density at radius 1 is 1.21 bits per heavy atom. The average molecular weight is 450 g/mol. The zero-order valence-electron chi connectivity index (χ0n) is 19.8. The molecule has 2 aromatic rings. The molecule has 1 aliphatic heterocycles. The van der Waals surface area contributed by atoms with E-state index in [0.717, 1.165) is 68.3 Å². The summed E-state index contributed by atoms with van der Waals surface area (Å²) in [6, 6.07) is 5.85. The Balaban J connectivity index is 1.33. The monoisotopic (exact) mass is 449 g/mol. The van der Waals surface area contributed by atoms with Crippen molar-refractivity contribution in [2.24, 2.45) is 11.8 Å². The predicted octanol–water partition coefficient (Wildman–Crippen LogP) is 4.14. The van der Waals surface area contributed by atoms with Gasteiger partial charge in [0.25, 0.3) is 0 Å². The number of rotatable bonds is 7. The summed E-state index contributed by atoms with van der Waals surface area (Å²) in [5, 5.41) is 3.87. The molecular formula is C26H35N5O2. The number of piperazine rings is 1. The maximum atomic E-state index is 12.9. The van der Waals surface area contributed by atoms with Gasteiger partial charge in [-0.25, -0.2) is 9.97 Å². The zero-order chi connectivity index (χ0) is 23.2. The number of amides is 1. The molecule has 0 unspecified atom stereocenters. The van der Waals surface area contributed by atoms with E-state index < -0.39 is 0 Å². The van der Waals surface area contributed by atoms with Crippen LogP contribution in [0.3, 0.4) is 0 Å². The van der Waals surface area contributed by atoms with E-state index in [2.05, 4.69) is 38.7 Å². The van der Waals surface area contributed by atoms with Crippen LogP contribution in [0.4, 0.5) is 5.95 Å². The number of allylic oxidation sites excluding steroid dienone is 1. The second kappa shape index (κ2) is 10.9. The van der Waals surface area contributed by atoms with Crippen LogP contribution in [-0.2, 0) is 9.53 Å². The number of ether oxygens (including phenoxy) is 1. The fourth-order valence-corrected chi connectivity index (χ4v) is 4.84. The highest BCUT2D eigenvalue weighted by Gasteiger charge is 2.28. The van der Waals surface area contributed by atoms with Crippen LogP contribution in [0.15, 0.2) is 43.3 Å². The van der Waals surface area contributed by atoms with Gasteiger partial charge < -0.3 is 14.5 Å². The molecule has 1 aromatic heterocycles. The number of hydrogen-bond donors (Lipinski definition) is 1. The Hall–Kier alpha value is -2.77. The molecule has 176 valence electrons. The van der Waals surface area contributed by atoms with Crippen LogP contribution >= 0.6 is 0 Å². The van der Waals surface area contributed by atoms with Crippen molar-refractivity contribution in [2.75, 3.05) is 45.1 Å². The summed E-state index contributed by atoms with van der Waals surface area (Å²) in [6.45, 7) is 11.3. The fraction of sp³-hybridized carbons (Fsp3) is 0.500. The third-order valence-electron chi connectivity index (χ3n) is 6.90. The van der Waals surface area contributed by atoms with Crippen LogP contribution < -0.4 is 5.32 Å². The number of carbonyl (C=O) groups excluding carboxylic acids is 1. The summed E-state index contributed by atoms with van der Waals surface area (Å²) in [6.07, 6.45) is 9.14. The Kier molecular flexibility index (Phi) is 7.73. The molecule has 33 heavy (non-hydrogen) atoms. The first kappa shape index (κ1) is 23.4. The minimum atomic E-state index is 0.0349. The lowest BCUT2D eigenvalue weighted by atomic mass is 9.81. The number of fused-ring (bicyclic) bond motifs is 1. The van der Waals surface area contributed by atoms with Crippen molar-refractivity contribution in [2.45, 2.75) is 32.6 Å². The number of nitrogens with one attached hydrogen (secondary N) is 1. The van der Waals surface area contributed by atoms with Gasteiger partial charge in [0.15, 0.2) is 0 Å². The standard InChI is InChI=1S/C26H35N5O2/c1-4-24(33-5-2)21-10-11-22-17-27-26(28-23(22)16-21)29-25(32)20-8-6-19(7-9-20)18-31-14-12-30(3)13-15-31/h4-5,10-11,16-17,19-20H,2,6-9,12-15,18H2,1,3H3,(H,27,28,29,32)/b24-4-. The molecule has 2 fully saturated rings. The molecule has 1 N–H and O–H groups in total. The molecule has 1 aromatic carbocycles. The number of likely N-dealkylation sites (N-methyl/N-ethyl adjacent to an activating group) is 1. The lowest BCUT2D eigenvalue weighted by Gasteiger charge is -2.36. The van der Waals surface area contributed by atoms with E-state index in [-0.39, 0.29) is 11.8 Å². The third-order valence-corrected chi connectivity index (χ3v) is 6.90. The van der Waals surface area contributed by atoms with Crippen LogP contribution in [0, 0.1) is 11.8 Å². The lowest BCUT2D eigenvalue weighted by molar-refractivity contribution is -0.121. The third kappa shape index (κ3) is 5.97. The first-order valence-corrected chi connectivity index (χ1v) is 12.0. The van der Waals surface area contributed by atoms with Crippen molar-refractivity contribution in [1.29, 1.82) is 0 Å². The molecule has 4 rings (SSSR count). The van der Waals surface area contributed by atoms with E-state index in [0.29, 0.717) is 17.6 Å². The van der Waals surface area contributed by atoms with Gasteiger partial charge >= 0.3 is 0 Å². The molecule has 2 heterocycles. The molecule has 0 atom stereocenters. The van der Waals surface area contributed by atoms with E-state index in [1.54, 1.807) is 6.20 Å². The number of hydrogen-bond acceptors (Lipinski definition) is 6. The molecular weight excluding hydrogens is 414 g/mol. The quantitative estimate of drug-likeness (QED) is 0.641. The molecule has 7 heteroatoms. The Labute approximate surface area is 196 Å². The Morgan fingerprint density at radius 3 is 2.67 bits per heavy atom. The van der Waals surface area contributed by atoms with Crippen LogP contribution in [0.1, 0.15) is 38.2 Å². The molecule has 1 amide bonds. The molecule has 0 spiro atoms. The van der Waals surface area contributed by atoms with Crippen LogP contribution in [0.5, 0.6) is 0 Å². The van der Waals surface area contributed by atoms with Crippen molar-refractivity contribution in [3.63, 3.8) is 0 Å². The van der Waals surface area contributed by atoms with Crippen molar-refractivity contribution < 1.29 is 9.53 Å². The lowest BCUT2D eigenvalue weighted by Crippen LogP contribution is -2.46. The molecule has 2 aliphatic rings. The first-order chi connectivity index (χ1) is 16.1. The normalized spacial score (nSPS) is 22.8. The predicted molar refractivity (Wildman–Crippen MR) is 132 cm³/mol. The number of anilines is 1. The second-order valence-electron chi connectivity index (χ2n) is 9.22. The Bertz CT molecular complexity index is 1000. The minimum absolute atomic E-state index is 0.0349. The average Bonchev–Trinajstić information content (AvgIpc) is 2.84. The minimum Gasteiger partial charge on any atom is -0.465 e. The zero-order valence-corrected chi connectivity index (χ0v) is 19.8. The molecule has 0 bridgehead atoms. The summed E-state index contributed by atoms with van der Waals surface area (Å²) in [5.41, 5.74) is 1.67. The van der Waals surface area contributed by atoms with Crippen LogP contribution in [-0.4, -0.2) is 65.4 Å².